The minimum absolute atomic E-state index is 0.0550. The molecule has 154 valence electrons. The van der Waals surface area contributed by atoms with Crippen LogP contribution in [0.1, 0.15) is 40.9 Å². The van der Waals surface area contributed by atoms with Gasteiger partial charge in [0.2, 0.25) is 11.8 Å². The summed E-state index contributed by atoms with van der Waals surface area (Å²) >= 11 is 0. The zero-order valence-corrected chi connectivity index (χ0v) is 16.7. The monoisotopic (exact) mass is 404 g/mol. The van der Waals surface area contributed by atoms with E-state index in [1.54, 1.807) is 12.4 Å². The number of nitrogens with zero attached hydrogens (tertiary/aromatic N) is 3. The number of likely N-dealkylation sites (tertiary alicyclic amines) is 1. The van der Waals surface area contributed by atoms with Gasteiger partial charge in [0.25, 0.3) is 5.91 Å². The lowest BCUT2D eigenvalue weighted by Crippen LogP contribution is -2.35. The Hall–Kier alpha value is -3.48. The number of pyridine rings is 1. The van der Waals surface area contributed by atoms with E-state index in [9.17, 15) is 9.59 Å². The lowest BCUT2D eigenvalue weighted by Gasteiger charge is -2.25. The smallest absolute Gasteiger partial charge is 0.275 e. The Kier molecular flexibility index (Phi) is 6.17. The summed E-state index contributed by atoms with van der Waals surface area (Å²) in [7, 11) is 0. The van der Waals surface area contributed by atoms with E-state index in [0.29, 0.717) is 24.6 Å². The molecule has 3 aromatic rings. The van der Waals surface area contributed by atoms with E-state index < -0.39 is 0 Å². The van der Waals surface area contributed by atoms with Crippen LogP contribution in [0.3, 0.4) is 0 Å². The average Bonchev–Trinajstić information content (AvgIpc) is 3.29. The normalized spacial score (nSPS) is 13.8. The van der Waals surface area contributed by atoms with Crippen molar-refractivity contribution in [2.45, 2.75) is 32.2 Å². The van der Waals surface area contributed by atoms with Crippen LogP contribution in [0, 0.1) is 0 Å². The fourth-order valence-electron chi connectivity index (χ4n) is 3.48. The van der Waals surface area contributed by atoms with Gasteiger partial charge >= 0.3 is 0 Å². The van der Waals surface area contributed by atoms with Crippen LogP contribution in [0.4, 0.5) is 0 Å². The van der Waals surface area contributed by atoms with Gasteiger partial charge in [0, 0.05) is 37.6 Å². The summed E-state index contributed by atoms with van der Waals surface area (Å²) in [4.78, 5) is 34.8. The quantitative estimate of drug-likeness (QED) is 0.681. The molecule has 1 aliphatic heterocycles. The van der Waals surface area contributed by atoms with Gasteiger partial charge in [-0.25, -0.2) is 4.98 Å². The number of hydrogen-bond donors (Lipinski definition) is 1. The third-order valence-corrected chi connectivity index (χ3v) is 5.14. The van der Waals surface area contributed by atoms with Gasteiger partial charge in [-0.3, -0.25) is 14.6 Å². The fraction of sp³-hybridized carbons (Fsp3) is 0.304. The molecule has 0 unspecified atom stereocenters. The van der Waals surface area contributed by atoms with Gasteiger partial charge in [-0.1, -0.05) is 18.2 Å². The Morgan fingerprint density at radius 1 is 1.03 bits per heavy atom. The molecule has 4 rings (SSSR count). The number of benzene rings is 1. The number of carbonyl (C=O) groups excluding carboxylic acids is 2. The van der Waals surface area contributed by atoms with Crippen LogP contribution in [0.25, 0.3) is 11.5 Å². The molecule has 1 aromatic carbocycles. The molecule has 0 radical (unpaired) electrons. The van der Waals surface area contributed by atoms with Crippen LogP contribution in [0.5, 0.6) is 0 Å². The van der Waals surface area contributed by atoms with Gasteiger partial charge in [0.15, 0.2) is 5.69 Å². The largest absolute Gasteiger partial charge is 0.444 e. The third kappa shape index (κ3) is 4.92. The van der Waals surface area contributed by atoms with Crippen LogP contribution in [-0.2, 0) is 17.8 Å². The number of carbonyl (C=O) groups is 2. The highest BCUT2D eigenvalue weighted by molar-refractivity contribution is 5.92. The van der Waals surface area contributed by atoms with Gasteiger partial charge in [-0.2, -0.15) is 0 Å². The van der Waals surface area contributed by atoms with Crippen molar-refractivity contribution in [3.05, 3.63) is 71.9 Å². The molecular weight excluding hydrogens is 380 g/mol. The molecule has 0 atom stereocenters. The predicted molar refractivity (Wildman–Crippen MR) is 111 cm³/mol. The predicted octanol–water partition coefficient (Wildman–Crippen LogP) is 3.22. The first-order valence-electron chi connectivity index (χ1n) is 10.2. The van der Waals surface area contributed by atoms with Crippen molar-refractivity contribution in [3.63, 3.8) is 0 Å². The summed E-state index contributed by atoms with van der Waals surface area (Å²) in [6.45, 7) is 1.99. The highest BCUT2D eigenvalue weighted by Gasteiger charge is 2.21. The second-order valence-corrected chi connectivity index (χ2v) is 7.40. The molecule has 2 amide bonds. The summed E-state index contributed by atoms with van der Waals surface area (Å²) in [5.41, 5.74) is 2.98. The highest BCUT2D eigenvalue weighted by atomic mass is 16.3. The van der Waals surface area contributed by atoms with E-state index in [4.69, 9.17) is 4.42 Å². The molecule has 0 bridgehead atoms. The summed E-state index contributed by atoms with van der Waals surface area (Å²) in [6, 6.07) is 11.3. The van der Waals surface area contributed by atoms with Crippen molar-refractivity contribution in [2.24, 2.45) is 0 Å². The second kappa shape index (κ2) is 9.35. The zero-order valence-electron chi connectivity index (χ0n) is 16.7. The summed E-state index contributed by atoms with van der Waals surface area (Å²) in [6.07, 6.45) is 8.35. The summed E-state index contributed by atoms with van der Waals surface area (Å²) in [5, 5.41) is 2.91. The Morgan fingerprint density at radius 2 is 1.83 bits per heavy atom. The lowest BCUT2D eigenvalue weighted by molar-refractivity contribution is -0.120. The number of rotatable bonds is 6. The van der Waals surface area contributed by atoms with E-state index in [0.717, 1.165) is 42.6 Å². The van der Waals surface area contributed by atoms with E-state index in [-0.39, 0.29) is 11.8 Å². The van der Waals surface area contributed by atoms with Crippen molar-refractivity contribution < 1.29 is 14.0 Å². The molecule has 1 N–H and O–H groups in total. The number of nitrogens with one attached hydrogen (secondary N) is 1. The van der Waals surface area contributed by atoms with E-state index >= 15 is 0 Å². The molecule has 30 heavy (non-hydrogen) atoms. The molecule has 7 heteroatoms. The van der Waals surface area contributed by atoms with Crippen molar-refractivity contribution in [2.75, 3.05) is 13.1 Å². The van der Waals surface area contributed by atoms with Crippen molar-refractivity contribution >= 4 is 11.8 Å². The van der Waals surface area contributed by atoms with Gasteiger partial charge in [0.1, 0.15) is 6.26 Å². The summed E-state index contributed by atoms with van der Waals surface area (Å²) < 4.78 is 5.53. The maximum absolute atomic E-state index is 12.5. The molecule has 2 aromatic heterocycles. The number of oxazole rings is 1. The molecular formula is C23H24N4O3. The SMILES string of the molecule is O=C(Cc1cccnc1)NCc1ccc(-c2nc(C(=O)N3CCCCC3)co2)cc1. The fourth-order valence-corrected chi connectivity index (χ4v) is 3.48. The molecule has 1 aliphatic rings. The maximum atomic E-state index is 12.5. The highest BCUT2D eigenvalue weighted by Crippen LogP contribution is 2.21. The van der Waals surface area contributed by atoms with E-state index in [1.165, 1.54) is 12.7 Å². The first kappa shape index (κ1) is 19.8. The standard InChI is InChI=1S/C23H24N4O3/c28-21(13-18-5-4-10-24-14-18)25-15-17-6-8-19(9-7-17)22-26-20(16-30-22)23(29)27-11-2-1-3-12-27/h4-10,14,16H,1-3,11-13,15H2,(H,25,28). The Bertz CT molecular complexity index is 993. The second-order valence-electron chi connectivity index (χ2n) is 7.40. The average molecular weight is 404 g/mol. The molecule has 3 heterocycles. The Morgan fingerprint density at radius 3 is 2.57 bits per heavy atom. The first-order chi connectivity index (χ1) is 14.7. The lowest BCUT2D eigenvalue weighted by atomic mass is 10.1. The minimum Gasteiger partial charge on any atom is -0.444 e. The van der Waals surface area contributed by atoms with Crippen LogP contribution < -0.4 is 5.32 Å². The van der Waals surface area contributed by atoms with Crippen LogP contribution >= 0.6 is 0 Å². The molecule has 7 nitrogen and oxygen atoms in total. The Labute approximate surface area is 175 Å². The molecule has 0 aliphatic carbocycles. The minimum atomic E-state index is -0.0716. The zero-order chi connectivity index (χ0) is 20.8. The molecule has 0 saturated carbocycles. The van der Waals surface area contributed by atoms with Crippen molar-refractivity contribution in [3.8, 4) is 11.5 Å². The topological polar surface area (TPSA) is 88.3 Å². The van der Waals surface area contributed by atoms with Gasteiger partial charge in [0.05, 0.1) is 6.42 Å². The first-order valence-corrected chi connectivity index (χ1v) is 10.2. The number of piperidine rings is 1. The molecule has 1 fully saturated rings. The van der Waals surface area contributed by atoms with Gasteiger partial charge in [-0.15, -0.1) is 0 Å². The van der Waals surface area contributed by atoms with E-state index in [1.807, 2.05) is 41.3 Å². The van der Waals surface area contributed by atoms with Crippen LogP contribution in [0.15, 0.2) is 59.5 Å². The number of aromatic nitrogens is 2. The van der Waals surface area contributed by atoms with Gasteiger partial charge < -0.3 is 14.6 Å². The maximum Gasteiger partial charge on any atom is 0.275 e. The Balaban J connectivity index is 1.33. The van der Waals surface area contributed by atoms with Crippen molar-refractivity contribution in [1.82, 2.24) is 20.2 Å². The number of amides is 2. The van der Waals surface area contributed by atoms with Gasteiger partial charge in [-0.05, 0) is 48.6 Å². The van der Waals surface area contributed by atoms with Crippen LogP contribution in [0.2, 0.25) is 0 Å². The third-order valence-electron chi connectivity index (χ3n) is 5.14. The van der Waals surface area contributed by atoms with E-state index in [2.05, 4.69) is 15.3 Å². The number of hydrogen-bond acceptors (Lipinski definition) is 5. The summed E-state index contributed by atoms with van der Waals surface area (Å²) in [5.74, 6) is 0.292. The molecule has 1 saturated heterocycles. The van der Waals surface area contributed by atoms with Crippen molar-refractivity contribution in [1.29, 1.82) is 0 Å². The van der Waals surface area contributed by atoms with Crippen LogP contribution in [-0.4, -0.2) is 39.8 Å². The molecule has 0 spiro atoms.